The quantitative estimate of drug-likeness (QED) is 0.253. The lowest BCUT2D eigenvalue weighted by Crippen LogP contribution is -2.36. The number of halogens is 1. The summed E-state index contributed by atoms with van der Waals surface area (Å²) in [6, 6.07) is 13.6. The summed E-state index contributed by atoms with van der Waals surface area (Å²) in [4.78, 5) is 16.4. The maximum absolute atomic E-state index is 12.1. The van der Waals surface area contributed by atoms with Crippen LogP contribution in [0.2, 0.25) is 0 Å². The first-order valence-corrected chi connectivity index (χ1v) is 10.1. The Bertz CT molecular complexity index is 874. The summed E-state index contributed by atoms with van der Waals surface area (Å²) in [6.45, 7) is 5.10. The molecule has 2 aromatic rings. The van der Waals surface area contributed by atoms with E-state index < -0.39 is 0 Å². The van der Waals surface area contributed by atoms with E-state index in [0.29, 0.717) is 30.5 Å². The number of guanidine groups is 1. The zero-order valence-corrected chi connectivity index (χ0v) is 21.2. The lowest BCUT2D eigenvalue weighted by Gasteiger charge is -2.14. The third-order valence-corrected chi connectivity index (χ3v) is 4.85. The first-order valence-electron chi connectivity index (χ1n) is 10.1. The van der Waals surface area contributed by atoms with Gasteiger partial charge in [-0.1, -0.05) is 32.0 Å². The Labute approximate surface area is 202 Å². The zero-order chi connectivity index (χ0) is 21.9. The maximum atomic E-state index is 12.1. The van der Waals surface area contributed by atoms with Gasteiger partial charge in [0.15, 0.2) is 17.5 Å². The monoisotopic (exact) mass is 540 g/mol. The van der Waals surface area contributed by atoms with Crippen molar-refractivity contribution in [3.8, 4) is 11.5 Å². The Balaban J connectivity index is 0.00000480. The summed E-state index contributed by atoms with van der Waals surface area (Å²) < 4.78 is 10.6. The van der Waals surface area contributed by atoms with Crippen molar-refractivity contribution in [1.29, 1.82) is 0 Å². The van der Waals surface area contributed by atoms with E-state index in [2.05, 4.69) is 20.9 Å². The standard InChI is InChI=1S/C23H32N4O3.HI/c1-6-16(2)22(28)27-19-9-7-8-17(12-19)14-25-23(24-3)26-15-18-10-11-20(29-4)21(13-18)30-5;/h7-13,16H,6,14-15H2,1-5H3,(H,27,28)(H2,24,25,26);1H. The van der Waals surface area contributed by atoms with Crippen LogP contribution in [-0.4, -0.2) is 33.1 Å². The molecular weight excluding hydrogens is 507 g/mol. The fourth-order valence-corrected chi connectivity index (χ4v) is 2.79. The fraction of sp³-hybridized carbons (Fsp3) is 0.391. The van der Waals surface area contributed by atoms with Gasteiger partial charge in [-0.25, -0.2) is 0 Å². The highest BCUT2D eigenvalue weighted by molar-refractivity contribution is 14.0. The molecule has 0 spiro atoms. The number of nitrogens with zero attached hydrogens (tertiary/aromatic N) is 1. The number of nitrogens with one attached hydrogen (secondary N) is 3. The molecule has 2 aromatic carbocycles. The summed E-state index contributed by atoms with van der Waals surface area (Å²) in [6.07, 6.45) is 0.815. The molecule has 0 bridgehead atoms. The zero-order valence-electron chi connectivity index (χ0n) is 18.8. The Morgan fingerprint density at radius 1 is 1.00 bits per heavy atom. The number of ether oxygens (including phenoxy) is 2. The smallest absolute Gasteiger partial charge is 0.227 e. The summed E-state index contributed by atoms with van der Waals surface area (Å²) >= 11 is 0. The molecule has 31 heavy (non-hydrogen) atoms. The predicted octanol–water partition coefficient (Wildman–Crippen LogP) is 4.17. The van der Waals surface area contributed by atoms with Crippen molar-refractivity contribution in [3.05, 3.63) is 53.6 Å². The van der Waals surface area contributed by atoms with Crippen LogP contribution >= 0.6 is 24.0 Å². The van der Waals surface area contributed by atoms with Crippen LogP contribution in [0.4, 0.5) is 5.69 Å². The highest BCUT2D eigenvalue weighted by Gasteiger charge is 2.10. The number of hydrogen-bond donors (Lipinski definition) is 3. The number of hydrogen-bond acceptors (Lipinski definition) is 4. The van der Waals surface area contributed by atoms with Crippen LogP contribution in [0.15, 0.2) is 47.5 Å². The molecule has 8 heteroatoms. The van der Waals surface area contributed by atoms with Gasteiger partial charge in [-0.2, -0.15) is 0 Å². The second kappa shape index (κ2) is 13.7. The normalized spacial score (nSPS) is 11.7. The molecule has 2 rings (SSSR count). The van der Waals surface area contributed by atoms with Crippen molar-refractivity contribution in [3.63, 3.8) is 0 Å². The SMILES string of the molecule is CCC(C)C(=O)Nc1cccc(CNC(=NC)NCc2ccc(OC)c(OC)c2)c1.I. The van der Waals surface area contributed by atoms with Gasteiger partial charge in [-0.3, -0.25) is 9.79 Å². The number of anilines is 1. The average molecular weight is 540 g/mol. The highest BCUT2D eigenvalue weighted by atomic mass is 127. The lowest BCUT2D eigenvalue weighted by atomic mass is 10.1. The fourth-order valence-electron chi connectivity index (χ4n) is 2.79. The molecule has 0 aliphatic rings. The molecule has 0 heterocycles. The second-order valence-electron chi connectivity index (χ2n) is 6.97. The molecule has 3 N–H and O–H groups in total. The maximum Gasteiger partial charge on any atom is 0.227 e. The van der Waals surface area contributed by atoms with Crippen molar-refractivity contribution in [2.75, 3.05) is 26.6 Å². The Morgan fingerprint density at radius 2 is 1.65 bits per heavy atom. The van der Waals surface area contributed by atoms with E-state index in [0.717, 1.165) is 23.2 Å². The van der Waals surface area contributed by atoms with E-state index in [9.17, 15) is 4.79 Å². The number of carbonyl (C=O) groups is 1. The molecule has 0 saturated heterocycles. The highest BCUT2D eigenvalue weighted by Crippen LogP contribution is 2.27. The third kappa shape index (κ3) is 8.28. The van der Waals surface area contributed by atoms with Gasteiger partial charge in [-0.05, 0) is 41.8 Å². The molecule has 0 radical (unpaired) electrons. The summed E-state index contributed by atoms with van der Waals surface area (Å²) in [7, 11) is 4.97. The molecule has 0 saturated carbocycles. The molecule has 1 atom stereocenters. The number of carbonyl (C=O) groups excluding carboxylic acids is 1. The number of amides is 1. The van der Waals surface area contributed by atoms with Crippen molar-refractivity contribution >= 4 is 41.5 Å². The van der Waals surface area contributed by atoms with Crippen molar-refractivity contribution in [2.24, 2.45) is 10.9 Å². The van der Waals surface area contributed by atoms with Gasteiger partial charge in [0.2, 0.25) is 5.91 Å². The van der Waals surface area contributed by atoms with Gasteiger partial charge in [0.25, 0.3) is 0 Å². The van der Waals surface area contributed by atoms with E-state index >= 15 is 0 Å². The van der Waals surface area contributed by atoms with Crippen LogP contribution in [0.3, 0.4) is 0 Å². The number of benzene rings is 2. The van der Waals surface area contributed by atoms with Gasteiger partial charge in [0, 0.05) is 31.7 Å². The van der Waals surface area contributed by atoms with Crippen LogP contribution in [-0.2, 0) is 17.9 Å². The second-order valence-corrected chi connectivity index (χ2v) is 6.97. The summed E-state index contributed by atoms with van der Waals surface area (Å²) in [5.74, 6) is 2.10. The predicted molar refractivity (Wildman–Crippen MR) is 137 cm³/mol. The first kappa shape index (κ1) is 26.5. The van der Waals surface area contributed by atoms with Crippen molar-refractivity contribution < 1.29 is 14.3 Å². The topological polar surface area (TPSA) is 84.0 Å². The van der Waals surface area contributed by atoms with Crippen LogP contribution < -0.4 is 25.4 Å². The van der Waals surface area contributed by atoms with Crippen LogP contribution in [0.25, 0.3) is 0 Å². The molecule has 0 aliphatic carbocycles. The summed E-state index contributed by atoms with van der Waals surface area (Å²) in [5, 5.41) is 9.55. The van der Waals surface area contributed by atoms with Crippen LogP contribution in [0, 0.1) is 5.92 Å². The van der Waals surface area contributed by atoms with E-state index in [-0.39, 0.29) is 35.8 Å². The van der Waals surface area contributed by atoms with E-state index in [4.69, 9.17) is 9.47 Å². The van der Waals surface area contributed by atoms with Gasteiger partial charge in [0.1, 0.15) is 0 Å². The minimum absolute atomic E-state index is 0. The molecule has 0 aromatic heterocycles. The van der Waals surface area contributed by atoms with Crippen LogP contribution in [0.5, 0.6) is 11.5 Å². The van der Waals surface area contributed by atoms with E-state index in [1.165, 1.54) is 0 Å². The lowest BCUT2D eigenvalue weighted by molar-refractivity contribution is -0.119. The molecular formula is C23H33IN4O3. The minimum atomic E-state index is -0.00797. The van der Waals surface area contributed by atoms with Crippen LogP contribution in [0.1, 0.15) is 31.4 Å². The Morgan fingerprint density at radius 3 is 2.23 bits per heavy atom. The average Bonchev–Trinajstić information content (AvgIpc) is 2.78. The van der Waals surface area contributed by atoms with E-state index in [1.807, 2.05) is 56.3 Å². The van der Waals surface area contributed by atoms with Crippen molar-refractivity contribution in [1.82, 2.24) is 10.6 Å². The van der Waals surface area contributed by atoms with E-state index in [1.54, 1.807) is 21.3 Å². The van der Waals surface area contributed by atoms with Gasteiger partial charge in [0.05, 0.1) is 14.2 Å². The first-order chi connectivity index (χ1) is 14.5. The largest absolute Gasteiger partial charge is 0.493 e. The molecule has 1 amide bonds. The van der Waals surface area contributed by atoms with Gasteiger partial charge in [-0.15, -0.1) is 24.0 Å². The van der Waals surface area contributed by atoms with Gasteiger partial charge < -0.3 is 25.4 Å². The van der Waals surface area contributed by atoms with Gasteiger partial charge >= 0.3 is 0 Å². The van der Waals surface area contributed by atoms with Crippen molar-refractivity contribution in [2.45, 2.75) is 33.4 Å². The molecule has 0 aliphatic heterocycles. The molecule has 7 nitrogen and oxygen atoms in total. The number of rotatable bonds is 9. The Kier molecular flexibility index (Phi) is 11.8. The molecule has 170 valence electrons. The molecule has 1 unspecified atom stereocenters. The third-order valence-electron chi connectivity index (χ3n) is 4.85. The number of aliphatic imine (C=N–C) groups is 1. The Hall–Kier alpha value is -2.49. The minimum Gasteiger partial charge on any atom is -0.493 e. The molecule has 0 fully saturated rings. The summed E-state index contributed by atoms with van der Waals surface area (Å²) in [5.41, 5.74) is 2.89. The number of methoxy groups -OCH3 is 2.